The minimum atomic E-state index is 0.0932. The summed E-state index contributed by atoms with van der Waals surface area (Å²) in [6, 6.07) is 0.631. The molecule has 1 amide bonds. The second-order valence-corrected chi connectivity index (χ2v) is 3.98. The molecule has 1 heterocycles. The van der Waals surface area contributed by atoms with Crippen molar-refractivity contribution in [3.63, 3.8) is 0 Å². The van der Waals surface area contributed by atoms with Crippen LogP contribution in [0.25, 0.3) is 0 Å². The first-order chi connectivity index (χ1) is 5.72. The molecular weight excluding hydrogens is 152 g/mol. The molecule has 2 fully saturated rings. The topological polar surface area (TPSA) is 46.3 Å². The van der Waals surface area contributed by atoms with Gasteiger partial charge in [-0.1, -0.05) is 13.3 Å². The molecule has 0 bridgehead atoms. The molecule has 0 aromatic heterocycles. The molecule has 1 aliphatic carbocycles. The lowest BCUT2D eigenvalue weighted by atomic mass is 10.3. The smallest absolute Gasteiger partial charge is 0.224 e. The van der Waals surface area contributed by atoms with Crippen LogP contribution in [-0.4, -0.2) is 29.4 Å². The molecule has 2 aliphatic rings. The van der Waals surface area contributed by atoms with Crippen molar-refractivity contribution in [3.05, 3.63) is 0 Å². The molecule has 3 unspecified atom stereocenters. The van der Waals surface area contributed by atoms with Gasteiger partial charge in [0.2, 0.25) is 5.91 Å². The maximum atomic E-state index is 11.4. The van der Waals surface area contributed by atoms with Gasteiger partial charge in [0.15, 0.2) is 0 Å². The van der Waals surface area contributed by atoms with Crippen LogP contribution in [0, 0.1) is 5.92 Å². The van der Waals surface area contributed by atoms with Crippen LogP contribution in [0.3, 0.4) is 0 Å². The van der Waals surface area contributed by atoms with E-state index in [0.29, 0.717) is 12.5 Å². The zero-order valence-corrected chi connectivity index (χ0v) is 7.49. The SMILES string of the molecule is CCC1CC1N1CC(N)CC1=O. The molecule has 68 valence electrons. The van der Waals surface area contributed by atoms with Crippen molar-refractivity contribution in [2.75, 3.05) is 6.54 Å². The summed E-state index contributed by atoms with van der Waals surface area (Å²) in [5.41, 5.74) is 5.71. The van der Waals surface area contributed by atoms with Gasteiger partial charge < -0.3 is 10.6 Å². The molecule has 0 aromatic rings. The van der Waals surface area contributed by atoms with E-state index >= 15 is 0 Å². The molecule has 3 heteroatoms. The average Bonchev–Trinajstić information content (AvgIpc) is 2.72. The van der Waals surface area contributed by atoms with Gasteiger partial charge in [0.25, 0.3) is 0 Å². The molecule has 2 N–H and O–H groups in total. The van der Waals surface area contributed by atoms with Gasteiger partial charge in [0.05, 0.1) is 0 Å². The van der Waals surface area contributed by atoms with E-state index in [1.54, 1.807) is 0 Å². The Morgan fingerprint density at radius 2 is 2.42 bits per heavy atom. The van der Waals surface area contributed by atoms with Gasteiger partial charge in [-0.3, -0.25) is 4.79 Å². The number of nitrogens with two attached hydrogens (primary N) is 1. The fourth-order valence-electron chi connectivity index (χ4n) is 2.13. The van der Waals surface area contributed by atoms with Crippen molar-refractivity contribution in [1.29, 1.82) is 0 Å². The van der Waals surface area contributed by atoms with E-state index in [0.717, 1.165) is 12.5 Å². The van der Waals surface area contributed by atoms with Crippen LogP contribution in [0.4, 0.5) is 0 Å². The van der Waals surface area contributed by atoms with Crippen molar-refractivity contribution in [3.8, 4) is 0 Å². The monoisotopic (exact) mass is 168 g/mol. The predicted octanol–water partition coefficient (Wildman–Crippen LogP) is 0.344. The van der Waals surface area contributed by atoms with E-state index in [2.05, 4.69) is 6.92 Å². The first-order valence-electron chi connectivity index (χ1n) is 4.77. The number of likely N-dealkylation sites (tertiary alicyclic amines) is 1. The lowest BCUT2D eigenvalue weighted by molar-refractivity contribution is -0.128. The average molecular weight is 168 g/mol. The molecule has 3 nitrogen and oxygen atoms in total. The second kappa shape index (κ2) is 2.73. The number of hydrogen-bond acceptors (Lipinski definition) is 2. The van der Waals surface area contributed by atoms with E-state index in [9.17, 15) is 4.79 Å². The Kier molecular flexibility index (Phi) is 1.83. The Morgan fingerprint density at radius 3 is 2.83 bits per heavy atom. The van der Waals surface area contributed by atoms with Crippen LogP contribution in [0.1, 0.15) is 26.2 Å². The molecule has 0 radical (unpaired) electrons. The summed E-state index contributed by atoms with van der Waals surface area (Å²) in [6.45, 7) is 2.98. The normalized spacial score (nSPS) is 40.7. The van der Waals surface area contributed by atoms with Gasteiger partial charge in [0.1, 0.15) is 0 Å². The number of amides is 1. The highest BCUT2D eigenvalue weighted by atomic mass is 16.2. The van der Waals surface area contributed by atoms with E-state index in [1.165, 1.54) is 12.8 Å². The first kappa shape index (κ1) is 8.05. The van der Waals surface area contributed by atoms with Gasteiger partial charge in [-0.15, -0.1) is 0 Å². The molecule has 1 saturated heterocycles. The standard InChI is InChI=1S/C9H16N2O/c1-2-6-3-8(6)11-5-7(10)4-9(11)12/h6-8H,2-5,10H2,1H3. The number of carbonyl (C=O) groups excluding carboxylic acids is 1. The number of rotatable bonds is 2. The van der Waals surface area contributed by atoms with E-state index in [1.807, 2.05) is 4.90 Å². The quantitative estimate of drug-likeness (QED) is 0.646. The zero-order valence-electron chi connectivity index (χ0n) is 7.49. The van der Waals surface area contributed by atoms with Crippen molar-refractivity contribution in [2.45, 2.75) is 38.3 Å². The van der Waals surface area contributed by atoms with Crippen LogP contribution >= 0.6 is 0 Å². The van der Waals surface area contributed by atoms with E-state index < -0.39 is 0 Å². The fraction of sp³-hybridized carbons (Fsp3) is 0.889. The molecule has 0 aromatic carbocycles. The third kappa shape index (κ3) is 1.22. The largest absolute Gasteiger partial charge is 0.338 e. The highest BCUT2D eigenvalue weighted by Gasteiger charge is 2.45. The lowest BCUT2D eigenvalue weighted by Crippen LogP contribution is -2.31. The molecule has 3 atom stereocenters. The van der Waals surface area contributed by atoms with Gasteiger partial charge in [-0.05, 0) is 12.3 Å². The summed E-state index contributed by atoms with van der Waals surface area (Å²) in [6.07, 6.45) is 2.96. The maximum absolute atomic E-state index is 11.4. The lowest BCUT2D eigenvalue weighted by Gasteiger charge is -2.15. The molecule has 12 heavy (non-hydrogen) atoms. The minimum absolute atomic E-state index is 0.0932. The third-order valence-electron chi connectivity index (χ3n) is 3.00. The molecular formula is C9H16N2O. The molecule has 1 aliphatic heterocycles. The first-order valence-corrected chi connectivity index (χ1v) is 4.77. The van der Waals surface area contributed by atoms with Crippen molar-refractivity contribution < 1.29 is 4.79 Å². The Labute approximate surface area is 72.9 Å². The second-order valence-electron chi connectivity index (χ2n) is 3.98. The summed E-state index contributed by atoms with van der Waals surface area (Å²) in [5, 5.41) is 0. The van der Waals surface area contributed by atoms with Gasteiger partial charge in [0, 0.05) is 25.0 Å². The van der Waals surface area contributed by atoms with Crippen LogP contribution in [0.15, 0.2) is 0 Å². The van der Waals surface area contributed by atoms with Crippen LogP contribution in [0.2, 0.25) is 0 Å². The van der Waals surface area contributed by atoms with E-state index in [4.69, 9.17) is 5.73 Å². The van der Waals surface area contributed by atoms with Crippen molar-refractivity contribution in [2.24, 2.45) is 11.7 Å². The highest BCUT2D eigenvalue weighted by molar-refractivity contribution is 5.80. The van der Waals surface area contributed by atoms with Crippen molar-refractivity contribution >= 4 is 5.91 Å². The molecule has 2 rings (SSSR count). The van der Waals surface area contributed by atoms with Gasteiger partial charge >= 0.3 is 0 Å². The van der Waals surface area contributed by atoms with Crippen LogP contribution in [-0.2, 0) is 4.79 Å². The van der Waals surface area contributed by atoms with Gasteiger partial charge in [-0.25, -0.2) is 0 Å². The minimum Gasteiger partial charge on any atom is -0.338 e. The summed E-state index contributed by atoms with van der Waals surface area (Å²) in [5.74, 6) is 1.03. The summed E-state index contributed by atoms with van der Waals surface area (Å²) in [7, 11) is 0. The third-order valence-corrected chi connectivity index (χ3v) is 3.00. The Hall–Kier alpha value is -0.570. The number of hydrogen-bond donors (Lipinski definition) is 1. The summed E-state index contributed by atoms with van der Waals surface area (Å²) in [4.78, 5) is 13.4. The fourth-order valence-corrected chi connectivity index (χ4v) is 2.13. The highest BCUT2D eigenvalue weighted by Crippen LogP contribution is 2.39. The Morgan fingerprint density at radius 1 is 1.67 bits per heavy atom. The zero-order chi connectivity index (χ0) is 8.72. The molecule has 0 spiro atoms. The summed E-state index contributed by atoms with van der Waals surface area (Å²) >= 11 is 0. The van der Waals surface area contributed by atoms with E-state index in [-0.39, 0.29) is 11.9 Å². The predicted molar refractivity (Wildman–Crippen MR) is 46.5 cm³/mol. The van der Waals surface area contributed by atoms with Crippen LogP contribution < -0.4 is 5.73 Å². The molecule has 1 saturated carbocycles. The van der Waals surface area contributed by atoms with Crippen molar-refractivity contribution in [1.82, 2.24) is 4.90 Å². The Bertz CT molecular complexity index is 205. The van der Waals surface area contributed by atoms with Gasteiger partial charge in [-0.2, -0.15) is 0 Å². The maximum Gasteiger partial charge on any atom is 0.224 e. The number of nitrogens with zero attached hydrogens (tertiary/aromatic N) is 1. The summed E-state index contributed by atoms with van der Waals surface area (Å²) < 4.78 is 0. The van der Waals surface area contributed by atoms with Crippen LogP contribution in [0.5, 0.6) is 0 Å². The Balaban J connectivity index is 1.93. The number of carbonyl (C=O) groups is 1.